The van der Waals surface area contributed by atoms with Crippen LogP contribution in [0.4, 0.5) is 11.4 Å². The van der Waals surface area contributed by atoms with Gasteiger partial charge >= 0.3 is 0 Å². The molecule has 0 N–H and O–H groups in total. The van der Waals surface area contributed by atoms with E-state index in [-0.39, 0.29) is 5.41 Å². The first kappa shape index (κ1) is 17.7. The van der Waals surface area contributed by atoms with Crippen LogP contribution >= 0.6 is 0 Å². The van der Waals surface area contributed by atoms with Crippen molar-refractivity contribution in [2.45, 2.75) is 33.1 Å². The molecule has 26 heavy (non-hydrogen) atoms. The standard InChI is InChI=1S/C21H22N4O/c1-15-23-12-17(13-24-15)16-5-6-19(21(2,3)4)20(11-16)25(14-26)18-7-9-22-10-8-18/h5-14H,1-4H3. The first-order valence-electron chi connectivity index (χ1n) is 8.48. The van der Waals surface area contributed by atoms with Crippen LogP contribution in [0.15, 0.2) is 55.1 Å². The quantitative estimate of drug-likeness (QED) is 0.655. The van der Waals surface area contributed by atoms with Crippen LogP contribution in [0.5, 0.6) is 0 Å². The summed E-state index contributed by atoms with van der Waals surface area (Å²) < 4.78 is 0. The second kappa shape index (κ2) is 7.04. The van der Waals surface area contributed by atoms with Crippen LogP contribution < -0.4 is 4.90 Å². The summed E-state index contributed by atoms with van der Waals surface area (Å²) in [4.78, 5) is 26.2. The van der Waals surface area contributed by atoms with Crippen molar-refractivity contribution in [3.8, 4) is 11.1 Å². The molecule has 0 fully saturated rings. The summed E-state index contributed by atoms with van der Waals surface area (Å²) in [5.41, 5.74) is 4.46. The molecule has 0 aliphatic heterocycles. The molecule has 0 bridgehead atoms. The molecular formula is C21H22N4O. The normalized spacial score (nSPS) is 11.2. The lowest BCUT2D eigenvalue weighted by molar-refractivity contribution is -0.106. The highest BCUT2D eigenvalue weighted by atomic mass is 16.1. The Hall–Kier alpha value is -3.08. The van der Waals surface area contributed by atoms with Gasteiger partial charge in [0.1, 0.15) is 5.82 Å². The van der Waals surface area contributed by atoms with E-state index in [1.54, 1.807) is 29.7 Å². The number of carbonyl (C=O) groups excluding carboxylic acids is 1. The number of aromatic nitrogens is 3. The van der Waals surface area contributed by atoms with Gasteiger partial charge in [0.15, 0.2) is 0 Å². The van der Waals surface area contributed by atoms with Gasteiger partial charge < -0.3 is 0 Å². The monoisotopic (exact) mass is 346 g/mol. The maximum absolute atomic E-state index is 12.0. The number of rotatable bonds is 4. The van der Waals surface area contributed by atoms with Gasteiger partial charge in [0.2, 0.25) is 6.41 Å². The maximum Gasteiger partial charge on any atom is 0.218 e. The fourth-order valence-corrected chi connectivity index (χ4v) is 2.85. The van der Waals surface area contributed by atoms with Crippen molar-refractivity contribution in [1.82, 2.24) is 15.0 Å². The summed E-state index contributed by atoms with van der Waals surface area (Å²) in [7, 11) is 0. The third-order valence-electron chi connectivity index (χ3n) is 4.23. The van der Waals surface area contributed by atoms with Crippen molar-refractivity contribution in [2.75, 3.05) is 4.90 Å². The number of amides is 1. The van der Waals surface area contributed by atoms with Crippen LogP contribution in [-0.4, -0.2) is 21.4 Å². The Morgan fingerprint density at radius 1 is 0.962 bits per heavy atom. The zero-order chi connectivity index (χ0) is 18.7. The van der Waals surface area contributed by atoms with Gasteiger partial charge in [-0.15, -0.1) is 0 Å². The lowest BCUT2D eigenvalue weighted by atomic mass is 9.84. The molecule has 3 rings (SSSR count). The predicted octanol–water partition coefficient (Wildman–Crippen LogP) is 4.44. The first-order chi connectivity index (χ1) is 12.4. The van der Waals surface area contributed by atoms with Crippen molar-refractivity contribution >= 4 is 17.8 Å². The molecule has 2 heterocycles. The van der Waals surface area contributed by atoms with Crippen LogP contribution in [0, 0.1) is 6.92 Å². The summed E-state index contributed by atoms with van der Waals surface area (Å²) in [5.74, 6) is 0.728. The molecule has 1 amide bonds. The van der Waals surface area contributed by atoms with Crippen molar-refractivity contribution in [2.24, 2.45) is 0 Å². The molecule has 5 nitrogen and oxygen atoms in total. The fourth-order valence-electron chi connectivity index (χ4n) is 2.85. The Morgan fingerprint density at radius 3 is 2.19 bits per heavy atom. The van der Waals surface area contributed by atoms with E-state index in [0.29, 0.717) is 0 Å². The smallest absolute Gasteiger partial charge is 0.218 e. The van der Waals surface area contributed by atoms with E-state index in [4.69, 9.17) is 0 Å². The molecule has 0 aliphatic rings. The van der Waals surface area contributed by atoms with Gasteiger partial charge in [0.05, 0.1) is 11.4 Å². The summed E-state index contributed by atoms with van der Waals surface area (Å²) in [6.45, 7) is 8.26. The Morgan fingerprint density at radius 2 is 1.62 bits per heavy atom. The molecule has 1 aromatic carbocycles. The molecule has 2 aromatic heterocycles. The van der Waals surface area contributed by atoms with Crippen LogP contribution in [-0.2, 0) is 10.2 Å². The van der Waals surface area contributed by atoms with E-state index in [0.717, 1.165) is 40.3 Å². The van der Waals surface area contributed by atoms with Gasteiger partial charge in [-0.25, -0.2) is 9.97 Å². The van der Waals surface area contributed by atoms with Gasteiger partial charge in [0.25, 0.3) is 0 Å². The molecule has 0 unspecified atom stereocenters. The number of anilines is 2. The van der Waals surface area contributed by atoms with E-state index >= 15 is 0 Å². The first-order valence-corrected chi connectivity index (χ1v) is 8.48. The molecular weight excluding hydrogens is 324 g/mol. The molecule has 0 spiro atoms. The number of hydrogen-bond acceptors (Lipinski definition) is 4. The zero-order valence-corrected chi connectivity index (χ0v) is 15.5. The third kappa shape index (κ3) is 3.61. The van der Waals surface area contributed by atoms with Gasteiger partial charge in [-0.2, -0.15) is 0 Å². The minimum atomic E-state index is -0.119. The summed E-state index contributed by atoms with van der Waals surface area (Å²) >= 11 is 0. The highest BCUT2D eigenvalue weighted by molar-refractivity contribution is 5.89. The van der Waals surface area contributed by atoms with Crippen LogP contribution in [0.3, 0.4) is 0 Å². The summed E-state index contributed by atoms with van der Waals surface area (Å²) in [6, 6.07) is 9.78. The Labute approximate surface area is 153 Å². The predicted molar refractivity (Wildman–Crippen MR) is 103 cm³/mol. The van der Waals surface area contributed by atoms with Crippen molar-refractivity contribution in [3.05, 3.63) is 66.5 Å². The lowest BCUT2D eigenvalue weighted by Crippen LogP contribution is -2.21. The van der Waals surface area contributed by atoms with Gasteiger partial charge in [-0.05, 0) is 41.7 Å². The second-order valence-corrected chi connectivity index (χ2v) is 7.18. The maximum atomic E-state index is 12.0. The molecule has 5 heteroatoms. The molecule has 132 valence electrons. The van der Waals surface area contributed by atoms with Crippen LogP contribution in [0.25, 0.3) is 11.1 Å². The number of aryl methyl sites for hydroxylation is 1. The molecule has 0 aliphatic carbocycles. The molecule has 0 radical (unpaired) electrons. The Balaban J connectivity index is 2.18. The van der Waals surface area contributed by atoms with E-state index in [2.05, 4.69) is 41.8 Å². The number of hydrogen-bond donors (Lipinski definition) is 0. The van der Waals surface area contributed by atoms with E-state index in [1.807, 2.05) is 31.2 Å². The summed E-state index contributed by atoms with van der Waals surface area (Å²) in [5, 5.41) is 0. The number of benzene rings is 1. The topological polar surface area (TPSA) is 59.0 Å². The molecule has 0 saturated carbocycles. The largest absolute Gasteiger partial charge is 0.283 e. The highest BCUT2D eigenvalue weighted by Crippen LogP contribution is 2.37. The van der Waals surface area contributed by atoms with E-state index < -0.39 is 0 Å². The fraction of sp³-hybridized carbons (Fsp3) is 0.238. The number of pyridine rings is 1. The van der Waals surface area contributed by atoms with E-state index in [9.17, 15) is 4.79 Å². The lowest BCUT2D eigenvalue weighted by Gasteiger charge is -2.28. The minimum Gasteiger partial charge on any atom is -0.283 e. The van der Waals surface area contributed by atoms with Crippen molar-refractivity contribution < 1.29 is 4.79 Å². The summed E-state index contributed by atoms with van der Waals surface area (Å²) in [6.07, 6.45) is 7.81. The average molecular weight is 346 g/mol. The van der Waals surface area contributed by atoms with Crippen molar-refractivity contribution in [1.29, 1.82) is 0 Å². The SMILES string of the molecule is Cc1ncc(-c2ccc(C(C)(C)C)c(N(C=O)c3ccncc3)c2)cn1. The zero-order valence-electron chi connectivity index (χ0n) is 15.5. The number of carbonyl (C=O) groups is 1. The molecule has 0 atom stereocenters. The van der Waals surface area contributed by atoms with Crippen molar-refractivity contribution in [3.63, 3.8) is 0 Å². The average Bonchev–Trinajstić information content (AvgIpc) is 2.63. The third-order valence-corrected chi connectivity index (χ3v) is 4.23. The molecule has 0 saturated heterocycles. The Bertz CT molecular complexity index is 900. The van der Waals surface area contributed by atoms with Crippen LogP contribution in [0.2, 0.25) is 0 Å². The number of nitrogens with zero attached hydrogens (tertiary/aromatic N) is 4. The molecule has 3 aromatic rings. The van der Waals surface area contributed by atoms with Gasteiger partial charge in [0, 0.05) is 30.4 Å². The van der Waals surface area contributed by atoms with E-state index in [1.165, 1.54) is 0 Å². The highest BCUT2D eigenvalue weighted by Gasteiger charge is 2.23. The van der Waals surface area contributed by atoms with Gasteiger partial charge in [-0.3, -0.25) is 14.7 Å². The minimum absolute atomic E-state index is 0.119. The van der Waals surface area contributed by atoms with Gasteiger partial charge in [-0.1, -0.05) is 32.9 Å². The Kier molecular flexibility index (Phi) is 4.80. The van der Waals surface area contributed by atoms with Crippen LogP contribution in [0.1, 0.15) is 32.2 Å². The second-order valence-electron chi connectivity index (χ2n) is 7.18.